The molecule has 2 heterocycles. The van der Waals surface area contributed by atoms with E-state index in [1.807, 2.05) is 6.92 Å². The Hall–Kier alpha value is -5.23. The quantitative estimate of drug-likeness (QED) is 0.225. The highest BCUT2D eigenvalue weighted by atomic mass is 19.1. The molecule has 1 aromatic heterocycles. The fraction of sp³-hybridized carbons (Fsp3) is 0.133. The van der Waals surface area contributed by atoms with Crippen molar-refractivity contribution < 1.29 is 32.5 Å². The fourth-order valence-corrected chi connectivity index (χ4v) is 4.26. The molecular formula is C30H23FN2O6. The van der Waals surface area contributed by atoms with Crippen LogP contribution in [0.2, 0.25) is 0 Å². The number of nitrogens with zero attached hydrogens (tertiary/aromatic N) is 1. The van der Waals surface area contributed by atoms with Crippen LogP contribution in [0.25, 0.3) is 0 Å². The number of rotatable bonds is 8. The molecule has 0 amide bonds. The number of nitrogens with two attached hydrogens (primary N) is 1. The molecule has 3 aromatic carbocycles. The van der Waals surface area contributed by atoms with Gasteiger partial charge in [-0.1, -0.05) is 30.3 Å². The molecule has 5 rings (SSSR count). The van der Waals surface area contributed by atoms with Crippen LogP contribution in [0.3, 0.4) is 0 Å². The number of carbonyl (C=O) groups is 1. The number of allylic oxidation sites excluding steroid dienone is 1. The fourth-order valence-electron chi connectivity index (χ4n) is 4.26. The third-order valence-corrected chi connectivity index (χ3v) is 6.07. The smallest absolute Gasteiger partial charge is 0.379 e. The van der Waals surface area contributed by atoms with Gasteiger partial charge in [0.05, 0.1) is 18.8 Å². The first-order valence-electron chi connectivity index (χ1n) is 12.1. The number of ether oxygens (including phenoxy) is 4. The van der Waals surface area contributed by atoms with Crippen LogP contribution in [0, 0.1) is 17.1 Å². The Labute approximate surface area is 223 Å². The van der Waals surface area contributed by atoms with E-state index in [0.717, 1.165) is 0 Å². The first-order chi connectivity index (χ1) is 19.0. The molecule has 1 aliphatic heterocycles. The van der Waals surface area contributed by atoms with E-state index in [1.54, 1.807) is 54.6 Å². The summed E-state index contributed by atoms with van der Waals surface area (Å²) in [6.07, 6.45) is 1.37. The Kier molecular flexibility index (Phi) is 7.19. The molecule has 0 radical (unpaired) electrons. The minimum Gasteiger partial charge on any atom is -0.490 e. The van der Waals surface area contributed by atoms with Gasteiger partial charge in [-0.3, -0.25) is 0 Å². The summed E-state index contributed by atoms with van der Waals surface area (Å²) in [5.74, 6) is -0.228. The molecule has 39 heavy (non-hydrogen) atoms. The normalized spacial score (nSPS) is 14.1. The third kappa shape index (κ3) is 5.26. The summed E-state index contributed by atoms with van der Waals surface area (Å²) in [4.78, 5) is 12.3. The molecule has 0 fully saturated rings. The van der Waals surface area contributed by atoms with E-state index in [4.69, 9.17) is 29.1 Å². The third-order valence-electron chi connectivity index (χ3n) is 6.07. The van der Waals surface area contributed by atoms with E-state index in [2.05, 4.69) is 6.07 Å². The van der Waals surface area contributed by atoms with Crippen molar-refractivity contribution in [3.63, 3.8) is 0 Å². The topological polar surface area (TPSA) is 117 Å². The van der Waals surface area contributed by atoms with Gasteiger partial charge >= 0.3 is 5.97 Å². The number of hydrogen-bond donors (Lipinski definition) is 1. The van der Waals surface area contributed by atoms with Crippen molar-refractivity contribution >= 4 is 5.97 Å². The Bertz CT molecular complexity index is 1590. The zero-order valence-corrected chi connectivity index (χ0v) is 20.8. The maximum Gasteiger partial charge on any atom is 0.379 e. The van der Waals surface area contributed by atoms with Crippen molar-refractivity contribution in [1.82, 2.24) is 0 Å². The van der Waals surface area contributed by atoms with Gasteiger partial charge in [-0.05, 0) is 48.9 Å². The Morgan fingerprint density at radius 1 is 1.05 bits per heavy atom. The average Bonchev–Trinajstić information content (AvgIpc) is 3.48. The number of halogens is 1. The molecule has 0 spiro atoms. The van der Waals surface area contributed by atoms with E-state index in [-0.39, 0.29) is 35.4 Å². The summed E-state index contributed by atoms with van der Waals surface area (Å²) in [5, 5.41) is 9.92. The second-order valence-electron chi connectivity index (χ2n) is 8.51. The Balaban J connectivity index is 1.46. The minimum absolute atomic E-state index is 0.0159. The van der Waals surface area contributed by atoms with Gasteiger partial charge in [-0.2, -0.15) is 5.26 Å². The van der Waals surface area contributed by atoms with Crippen molar-refractivity contribution in [2.24, 2.45) is 5.73 Å². The first kappa shape index (κ1) is 25.4. The highest BCUT2D eigenvalue weighted by Crippen LogP contribution is 2.45. The molecule has 8 nitrogen and oxygen atoms in total. The summed E-state index contributed by atoms with van der Waals surface area (Å²) in [6, 6.07) is 21.7. The molecule has 1 atom stereocenters. The molecule has 1 unspecified atom stereocenters. The van der Waals surface area contributed by atoms with Crippen LogP contribution in [-0.4, -0.2) is 12.6 Å². The van der Waals surface area contributed by atoms with Crippen LogP contribution in [0.5, 0.6) is 23.0 Å². The average molecular weight is 527 g/mol. The predicted octanol–water partition coefficient (Wildman–Crippen LogP) is 5.83. The minimum atomic E-state index is -0.666. The van der Waals surface area contributed by atoms with Crippen molar-refractivity contribution in [3.8, 4) is 29.1 Å². The number of benzene rings is 3. The van der Waals surface area contributed by atoms with Gasteiger partial charge in [0.2, 0.25) is 11.6 Å². The van der Waals surface area contributed by atoms with Crippen LogP contribution in [-0.2, 0) is 6.61 Å². The summed E-state index contributed by atoms with van der Waals surface area (Å²) in [5.41, 5.74) is 8.09. The zero-order chi connectivity index (χ0) is 27.4. The van der Waals surface area contributed by atoms with Crippen LogP contribution in [0.15, 0.2) is 94.9 Å². The molecule has 196 valence electrons. The SMILES string of the molecule is CCOc1cc(C2C(C#N)=C(N)Oc3cc(OC(=O)c4ccco4)ccc32)ccc1OCc1ccccc1F. The van der Waals surface area contributed by atoms with Crippen LogP contribution in [0.4, 0.5) is 4.39 Å². The molecule has 0 aliphatic carbocycles. The van der Waals surface area contributed by atoms with E-state index in [9.17, 15) is 14.4 Å². The van der Waals surface area contributed by atoms with Crippen molar-refractivity contribution in [2.75, 3.05) is 6.61 Å². The van der Waals surface area contributed by atoms with Crippen LogP contribution >= 0.6 is 0 Å². The van der Waals surface area contributed by atoms with Gasteiger partial charge in [0.1, 0.15) is 35.6 Å². The lowest BCUT2D eigenvalue weighted by Gasteiger charge is -2.27. The van der Waals surface area contributed by atoms with E-state index in [1.165, 1.54) is 24.5 Å². The number of nitriles is 1. The van der Waals surface area contributed by atoms with Gasteiger partial charge in [0.15, 0.2) is 11.5 Å². The zero-order valence-electron chi connectivity index (χ0n) is 20.8. The lowest BCUT2D eigenvalue weighted by atomic mass is 9.83. The highest BCUT2D eigenvalue weighted by Gasteiger charge is 2.32. The van der Waals surface area contributed by atoms with Gasteiger partial charge in [0, 0.05) is 17.2 Å². The van der Waals surface area contributed by atoms with Crippen molar-refractivity contribution in [1.29, 1.82) is 5.26 Å². The second kappa shape index (κ2) is 11.0. The number of hydrogen-bond acceptors (Lipinski definition) is 8. The number of carbonyl (C=O) groups excluding carboxylic acids is 1. The van der Waals surface area contributed by atoms with E-state index >= 15 is 0 Å². The Morgan fingerprint density at radius 3 is 2.64 bits per heavy atom. The summed E-state index contributed by atoms with van der Waals surface area (Å²) in [7, 11) is 0. The van der Waals surface area contributed by atoms with Crippen molar-refractivity contribution in [3.05, 3.63) is 119 Å². The Morgan fingerprint density at radius 2 is 1.90 bits per heavy atom. The highest BCUT2D eigenvalue weighted by molar-refractivity contribution is 5.88. The number of furan rings is 1. The molecule has 0 saturated carbocycles. The lowest BCUT2D eigenvalue weighted by molar-refractivity contribution is 0.0701. The molecule has 4 aromatic rings. The number of fused-ring (bicyclic) bond motifs is 1. The van der Waals surface area contributed by atoms with E-state index < -0.39 is 11.9 Å². The lowest BCUT2D eigenvalue weighted by Crippen LogP contribution is -2.21. The van der Waals surface area contributed by atoms with Gasteiger partial charge in [-0.15, -0.1) is 0 Å². The number of esters is 1. The largest absolute Gasteiger partial charge is 0.490 e. The van der Waals surface area contributed by atoms with E-state index in [0.29, 0.717) is 40.5 Å². The maximum atomic E-state index is 14.1. The predicted molar refractivity (Wildman–Crippen MR) is 138 cm³/mol. The van der Waals surface area contributed by atoms with Gasteiger partial charge < -0.3 is 29.1 Å². The molecule has 0 bridgehead atoms. The van der Waals surface area contributed by atoms with Crippen LogP contribution in [0.1, 0.15) is 40.1 Å². The van der Waals surface area contributed by atoms with Crippen molar-refractivity contribution in [2.45, 2.75) is 19.4 Å². The maximum absolute atomic E-state index is 14.1. The summed E-state index contributed by atoms with van der Waals surface area (Å²) in [6.45, 7) is 2.21. The second-order valence-corrected chi connectivity index (χ2v) is 8.51. The molecule has 9 heteroatoms. The standard InChI is InChI=1S/C30H23FN2O6/c1-2-35-27-14-18(9-12-24(27)37-17-19-6-3-4-7-23(19)31)28-21-11-10-20(38-30(34)25-8-5-13-36-25)15-26(21)39-29(33)22(28)16-32/h3-15,28H,2,17,33H2,1H3. The molecule has 1 aliphatic rings. The summed E-state index contributed by atoms with van der Waals surface area (Å²) >= 11 is 0. The first-order valence-corrected chi connectivity index (χ1v) is 12.1. The van der Waals surface area contributed by atoms with Gasteiger partial charge in [0.25, 0.3) is 0 Å². The summed E-state index contributed by atoms with van der Waals surface area (Å²) < 4.78 is 42.0. The monoisotopic (exact) mass is 526 g/mol. The molecule has 2 N–H and O–H groups in total. The molecule has 0 saturated heterocycles. The molecular weight excluding hydrogens is 503 g/mol. The van der Waals surface area contributed by atoms with Gasteiger partial charge in [-0.25, -0.2) is 9.18 Å². The van der Waals surface area contributed by atoms with Crippen LogP contribution < -0.4 is 24.7 Å².